The van der Waals surface area contributed by atoms with Gasteiger partial charge in [0.1, 0.15) is 0 Å². The molecule has 0 radical (unpaired) electrons. The van der Waals surface area contributed by atoms with Crippen molar-refractivity contribution in [1.82, 2.24) is 15.1 Å². The lowest BCUT2D eigenvalue weighted by molar-refractivity contribution is -0.121. The first kappa shape index (κ1) is 19.6. The maximum absolute atomic E-state index is 13.3. The lowest BCUT2D eigenvalue weighted by Gasteiger charge is -2.26. The van der Waals surface area contributed by atoms with Crippen LogP contribution in [0.25, 0.3) is 0 Å². The fraction of sp³-hybridized carbons (Fsp3) is 0.500. The van der Waals surface area contributed by atoms with Crippen molar-refractivity contribution >= 4 is 17.6 Å². The van der Waals surface area contributed by atoms with Gasteiger partial charge in [0.2, 0.25) is 5.91 Å². The summed E-state index contributed by atoms with van der Waals surface area (Å²) in [6, 6.07) is 8.99. The first-order valence-electron chi connectivity index (χ1n) is 10.5. The summed E-state index contributed by atoms with van der Waals surface area (Å²) in [5, 5.41) is 19.3. The summed E-state index contributed by atoms with van der Waals surface area (Å²) in [5.74, 6) is 0.460. The van der Waals surface area contributed by atoms with Gasteiger partial charge in [-0.2, -0.15) is 5.10 Å². The van der Waals surface area contributed by atoms with Crippen molar-refractivity contribution in [2.75, 3.05) is 11.9 Å². The van der Waals surface area contributed by atoms with E-state index in [4.69, 9.17) is 5.11 Å². The maximum Gasteiger partial charge on any atom is 0.252 e. The van der Waals surface area contributed by atoms with E-state index < -0.39 is 0 Å². The zero-order chi connectivity index (χ0) is 20.2. The van der Waals surface area contributed by atoms with E-state index in [1.54, 1.807) is 16.9 Å². The van der Waals surface area contributed by atoms with Gasteiger partial charge in [0.15, 0.2) is 5.82 Å². The van der Waals surface area contributed by atoms with Gasteiger partial charge in [-0.3, -0.25) is 14.3 Å². The van der Waals surface area contributed by atoms with Crippen molar-refractivity contribution in [1.29, 1.82) is 0 Å². The van der Waals surface area contributed by atoms with Gasteiger partial charge in [-0.15, -0.1) is 0 Å². The van der Waals surface area contributed by atoms with Crippen LogP contribution in [0, 0.1) is 11.8 Å². The Kier molecular flexibility index (Phi) is 5.94. The highest BCUT2D eigenvalue weighted by molar-refractivity contribution is 6.01. The number of hydrogen-bond donors (Lipinski definition) is 3. The zero-order valence-corrected chi connectivity index (χ0v) is 16.5. The number of anilines is 1. The highest BCUT2D eigenvalue weighted by atomic mass is 16.3. The second kappa shape index (κ2) is 8.78. The van der Waals surface area contributed by atoms with E-state index in [9.17, 15) is 9.59 Å². The normalized spacial score (nSPS) is 19.8. The van der Waals surface area contributed by atoms with Crippen LogP contribution in [0.4, 0.5) is 5.82 Å². The number of benzene rings is 1. The third-order valence-corrected chi connectivity index (χ3v) is 6.07. The number of aryl methyl sites for hydroxylation is 1. The van der Waals surface area contributed by atoms with E-state index >= 15 is 0 Å². The first-order chi connectivity index (χ1) is 14.2. The second-order valence-corrected chi connectivity index (χ2v) is 8.06. The van der Waals surface area contributed by atoms with Crippen LogP contribution >= 0.6 is 0 Å². The molecule has 2 atom stereocenters. The summed E-state index contributed by atoms with van der Waals surface area (Å²) in [5.41, 5.74) is 1.57. The molecular formula is C22H28N4O3. The molecule has 1 aliphatic heterocycles. The fourth-order valence-corrected chi connectivity index (χ4v) is 4.59. The van der Waals surface area contributed by atoms with E-state index in [-0.39, 0.29) is 30.4 Å². The highest BCUT2D eigenvalue weighted by Crippen LogP contribution is 2.38. The monoisotopic (exact) mass is 396 g/mol. The molecule has 3 N–H and O–H groups in total. The summed E-state index contributed by atoms with van der Waals surface area (Å²) in [4.78, 5) is 25.7. The van der Waals surface area contributed by atoms with E-state index in [1.165, 1.54) is 12.8 Å². The first-order valence-corrected chi connectivity index (χ1v) is 10.5. The molecular weight excluding hydrogens is 368 g/mol. The molecule has 1 unspecified atom stereocenters. The topological polar surface area (TPSA) is 96.2 Å². The van der Waals surface area contributed by atoms with Gasteiger partial charge in [0.05, 0.1) is 12.0 Å². The van der Waals surface area contributed by atoms with Crippen LogP contribution in [0.2, 0.25) is 0 Å². The van der Waals surface area contributed by atoms with Crippen LogP contribution in [0.5, 0.6) is 0 Å². The predicted molar refractivity (Wildman–Crippen MR) is 109 cm³/mol. The smallest absolute Gasteiger partial charge is 0.252 e. The summed E-state index contributed by atoms with van der Waals surface area (Å²) in [6.45, 7) is 0.704. The van der Waals surface area contributed by atoms with Crippen molar-refractivity contribution in [2.45, 2.75) is 51.1 Å². The molecule has 1 saturated carbocycles. The Morgan fingerprint density at radius 3 is 2.86 bits per heavy atom. The predicted octanol–water partition coefficient (Wildman–Crippen LogP) is 2.89. The van der Waals surface area contributed by atoms with Crippen molar-refractivity contribution in [3.63, 3.8) is 0 Å². The molecule has 29 heavy (non-hydrogen) atoms. The zero-order valence-electron chi connectivity index (χ0n) is 16.5. The number of fused-ring (bicyclic) bond motifs is 1. The van der Waals surface area contributed by atoms with Gasteiger partial charge in [0, 0.05) is 31.0 Å². The molecule has 1 fully saturated rings. The number of hydrogen-bond acceptors (Lipinski definition) is 4. The third-order valence-electron chi connectivity index (χ3n) is 6.07. The summed E-state index contributed by atoms with van der Waals surface area (Å²) in [7, 11) is 0. The molecule has 7 heteroatoms. The number of nitrogens with zero attached hydrogens (tertiary/aromatic N) is 2. The Morgan fingerprint density at radius 2 is 2.07 bits per heavy atom. The molecule has 2 aromatic rings. The summed E-state index contributed by atoms with van der Waals surface area (Å²) < 4.78 is 1.71. The van der Waals surface area contributed by atoms with Crippen molar-refractivity contribution in [3.8, 4) is 0 Å². The highest BCUT2D eigenvalue weighted by Gasteiger charge is 2.39. The Hall–Kier alpha value is -2.67. The molecule has 1 aromatic carbocycles. The van der Waals surface area contributed by atoms with Crippen molar-refractivity contribution < 1.29 is 14.7 Å². The molecule has 7 nitrogen and oxygen atoms in total. The van der Waals surface area contributed by atoms with Crippen molar-refractivity contribution in [2.24, 2.45) is 11.8 Å². The van der Waals surface area contributed by atoms with E-state index in [1.807, 2.05) is 24.3 Å². The number of rotatable bonds is 8. The molecule has 2 heterocycles. The average Bonchev–Trinajstić information content (AvgIpc) is 3.46. The summed E-state index contributed by atoms with van der Waals surface area (Å²) >= 11 is 0. The van der Waals surface area contributed by atoms with Gasteiger partial charge >= 0.3 is 0 Å². The van der Waals surface area contributed by atoms with Gasteiger partial charge < -0.3 is 15.7 Å². The quantitative estimate of drug-likeness (QED) is 0.639. The maximum atomic E-state index is 13.3. The molecule has 0 spiro atoms. The van der Waals surface area contributed by atoms with Gasteiger partial charge in [-0.25, -0.2) is 0 Å². The van der Waals surface area contributed by atoms with Crippen LogP contribution in [0.15, 0.2) is 36.5 Å². The number of amides is 2. The minimum Gasteiger partial charge on any atom is -0.396 e. The van der Waals surface area contributed by atoms with E-state index in [0.29, 0.717) is 30.3 Å². The van der Waals surface area contributed by atoms with Gasteiger partial charge in [0.25, 0.3) is 5.91 Å². The Balaban J connectivity index is 1.53. The van der Waals surface area contributed by atoms with E-state index in [0.717, 1.165) is 24.8 Å². The largest absolute Gasteiger partial charge is 0.396 e. The lowest BCUT2D eigenvalue weighted by Crippen LogP contribution is -2.35. The van der Waals surface area contributed by atoms with Gasteiger partial charge in [-0.1, -0.05) is 43.9 Å². The molecule has 2 aliphatic rings. The molecule has 0 bridgehead atoms. The Bertz CT molecular complexity index is 872. The Labute approximate surface area is 170 Å². The number of aliphatic hydroxyl groups is 1. The number of nitrogens with one attached hydrogen (secondary N) is 2. The third kappa shape index (κ3) is 4.34. The number of aromatic nitrogens is 2. The average molecular weight is 396 g/mol. The van der Waals surface area contributed by atoms with Crippen LogP contribution in [-0.2, 0) is 11.3 Å². The fourth-order valence-electron chi connectivity index (χ4n) is 4.59. The van der Waals surface area contributed by atoms with Crippen LogP contribution in [-0.4, -0.2) is 33.3 Å². The molecule has 1 aromatic heterocycles. The minimum absolute atomic E-state index is 0.103. The SMILES string of the molecule is O=C1NC([C@H](CC2CCCC2)C(=O)Nc2ccn(CCCO)n2)c2ccccc21. The molecule has 1 aliphatic carbocycles. The Morgan fingerprint density at radius 1 is 1.28 bits per heavy atom. The van der Waals surface area contributed by atoms with Gasteiger partial charge in [-0.05, 0) is 30.4 Å². The minimum atomic E-state index is -0.340. The molecule has 2 amide bonds. The standard InChI is InChI=1S/C22H28N4O3/c27-13-5-11-26-12-10-19(25-26)23-22(29)18(14-15-6-1-2-7-15)20-16-8-3-4-9-17(16)21(28)24-20/h3-4,8-10,12,15,18,20,27H,1-2,5-7,11,13-14H2,(H,24,28)(H,23,25,29)/t18-,20?/m0/s1. The molecule has 154 valence electrons. The van der Waals surface area contributed by atoms with Crippen molar-refractivity contribution in [3.05, 3.63) is 47.7 Å². The van der Waals surface area contributed by atoms with Crippen LogP contribution < -0.4 is 10.6 Å². The lowest BCUT2D eigenvalue weighted by atomic mass is 9.84. The van der Waals surface area contributed by atoms with Crippen LogP contribution in [0.1, 0.15) is 60.5 Å². The molecule has 4 rings (SSSR count). The van der Waals surface area contributed by atoms with E-state index in [2.05, 4.69) is 15.7 Å². The number of carbonyl (C=O) groups is 2. The second-order valence-electron chi connectivity index (χ2n) is 8.06. The van der Waals surface area contributed by atoms with Crippen LogP contribution in [0.3, 0.4) is 0 Å². The number of carbonyl (C=O) groups excluding carboxylic acids is 2. The summed E-state index contributed by atoms with van der Waals surface area (Å²) in [6.07, 6.45) is 7.87. The number of aliphatic hydroxyl groups excluding tert-OH is 1. The molecule has 0 saturated heterocycles.